The largest absolute Gasteiger partial charge is 1.00 e. The minimum absolute atomic E-state index is 0. The number of benzene rings is 3. The van der Waals surface area contributed by atoms with Crippen LogP contribution in [0.1, 0.15) is 0 Å². The van der Waals surface area contributed by atoms with Crippen molar-refractivity contribution >= 4 is 85.6 Å². The van der Waals surface area contributed by atoms with E-state index in [0.29, 0.717) is 24.3 Å². The second-order valence-electron chi connectivity index (χ2n) is 9.26. The van der Waals surface area contributed by atoms with E-state index >= 15 is 0 Å². The molecular formula is C23H18FN8Na3O12S4. The van der Waals surface area contributed by atoms with Gasteiger partial charge in [0.1, 0.15) is 47.5 Å². The average Bonchev–Trinajstić information content (AvgIpc) is 2.95. The maximum atomic E-state index is 14.0. The van der Waals surface area contributed by atoms with Crippen molar-refractivity contribution in [2.45, 2.75) is 14.7 Å². The molecule has 0 fully saturated rings. The van der Waals surface area contributed by atoms with Crippen LogP contribution in [-0.2, 0) is 40.2 Å². The minimum Gasteiger partial charge on any atom is -0.744 e. The van der Waals surface area contributed by atoms with Gasteiger partial charge in [0.25, 0.3) is 0 Å². The van der Waals surface area contributed by atoms with E-state index in [1.165, 1.54) is 0 Å². The standard InChI is InChI=1S/C23H21FN8O12S4.3Na/c1-2-45(34,35)6-5-26-22-28-21(24)29-23(30-22)27-12-3-4-14(16(9-12)47(39,40)41)31-32-20-18-11(8-17(19(20)25)48(42,43)44)7-13(10-15(18)33)46(36,37)38;;;/h2-4,7-10,33H,1,5-6,25H2,(H,36,37,38)(H,39,40,41)(H,42,43,44)(H2,26,27,28,29,30);;;/q;3*+1/p-3. The molecule has 1 heterocycles. The first-order valence-electron chi connectivity index (χ1n) is 12.4. The molecule has 1 aromatic heterocycles. The number of fused-ring (bicyclic) bond motifs is 1. The van der Waals surface area contributed by atoms with Gasteiger partial charge in [-0.1, -0.05) is 6.58 Å². The van der Waals surface area contributed by atoms with Crippen molar-refractivity contribution in [3.8, 4) is 5.75 Å². The van der Waals surface area contributed by atoms with Gasteiger partial charge in [-0.2, -0.15) is 19.3 Å². The molecule has 0 aliphatic rings. The maximum absolute atomic E-state index is 14.0. The van der Waals surface area contributed by atoms with Crippen molar-refractivity contribution in [2.24, 2.45) is 10.2 Å². The molecule has 0 atom stereocenters. The fourth-order valence-corrected chi connectivity index (χ4v) is 6.25. The summed E-state index contributed by atoms with van der Waals surface area (Å²) in [6.07, 6.45) is -1.33. The molecule has 256 valence electrons. The van der Waals surface area contributed by atoms with Gasteiger partial charge in [0.15, 0.2) is 9.84 Å². The van der Waals surface area contributed by atoms with Crippen LogP contribution in [0.3, 0.4) is 0 Å². The van der Waals surface area contributed by atoms with Crippen molar-refractivity contribution in [3.63, 3.8) is 0 Å². The second kappa shape index (κ2) is 17.9. The zero-order chi connectivity index (χ0) is 35.8. The third kappa shape index (κ3) is 12.0. The molecule has 20 nitrogen and oxygen atoms in total. The van der Waals surface area contributed by atoms with Gasteiger partial charge < -0.3 is 35.1 Å². The van der Waals surface area contributed by atoms with E-state index in [2.05, 4.69) is 42.4 Å². The first-order valence-corrected chi connectivity index (χ1v) is 18.3. The monoisotopic (exact) mass is 814 g/mol. The number of aromatic nitrogens is 3. The van der Waals surface area contributed by atoms with Gasteiger partial charge >= 0.3 is 94.8 Å². The van der Waals surface area contributed by atoms with Crippen LogP contribution in [0, 0.1) is 6.08 Å². The molecule has 4 aromatic rings. The molecule has 0 bridgehead atoms. The number of hydrogen-bond donors (Lipinski definition) is 4. The summed E-state index contributed by atoms with van der Waals surface area (Å²) in [5, 5.41) is 22.3. The fourth-order valence-electron chi connectivity index (χ4n) is 3.90. The Hall–Kier alpha value is -1.92. The SMILES string of the molecule is C=CS(=O)(=O)CCNc1nc(F)nc(Nc2ccc(N=Nc3c(N)c(S(=O)(=O)[O-])cc4cc(S(=O)(=O)[O-])cc(O)c34)c(S(=O)(=O)[O-])c2)n1.[Na+].[Na+].[Na+]. The molecule has 51 heavy (non-hydrogen) atoms. The van der Waals surface area contributed by atoms with Gasteiger partial charge in [0.2, 0.25) is 11.9 Å². The number of hydrogen-bond acceptors (Lipinski definition) is 20. The Balaban J connectivity index is 0.00000433. The number of sulfone groups is 1. The Morgan fingerprint density at radius 2 is 1.45 bits per heavy atom. The summed E-state index contributed by atoms with van der Waals surface area (Å²) in [5.74, 6) is -2.35. The predicted octanol–water partition coefficient (Wildman–Crippen LogP) is -7.69. The van der Waals surface area contributed by atoms with Crippen LogP contribution in [0.25, 0.3) is 10.8 Å². The summed E-state index contributed by atoms with van der Waals surface area (Å²) in [4.78, 5) is 7.29. The van der Waals surface area contributed by atoms with Crippen LogP contribution in [0.5, 0.6) is 5.75 Å². The van der Waals surface area contributed by atoms with Crippen LogP contribution in [0.15, 0.2) is 73.3 Å². The molecule has 0 radical (unpaired) electrons. The molecule has 0 unspecified atom stereocenters. The Bertz CT molecular complexity index is 2480. The zero-order valence-electron chi connectivity index (χ0n) is 26.4. The van der Waals surface area contributed by atoms with Crippen LogP contribution < -0.4 is 105 Å². The zero-order valence-corrected chi connectivity index (χ0v) is 35.7. The van der Waals surface area contributed by atoms with E-state index in [4.69, 9.17) is 5.73 Å². The van der Waals surface area contributed by atoms with E-state index < -0.39 is 112 Å². The maximum Gasteiger partial charge on any atom is 1.00 e. The average molecular weight is 815 g/mol. The summed E-state index contributed by atoms with van der Waals surface area (Å²) < 4.78 is 144. The Morgan fingerprint density at radius 1 is 0.843 bits per heavy atom. The summed E-state index contributed by atoms with van der Waals surface area (Å²) >= 11 is 0. The Labute approximate surface area is 355 Å². The first-order chi connectivity index (χ1) is 22.1. The van der Waals surface area contributed by atoms with Crippen LogP contribution in [0.4, 0.5) is 39.0 Å². The number of nitrogen functional groups attached to an aromatic ring is 1. The molecule has 0 aliphatic carbocycles. The molecule has 0 amide bonds. The molecule has 5 N–H and O–H groups in total. The minimum atomic E-state index is -5.40. The van der Waals surface area contributed by atoms with Crippen molar-refractivity contribution in [2.75, 3.05) is 28.7 Å². The van der Waals surface area contributed by atoms with Gasteiger partial charge in [0, 0.05) is 17.6 Å². The number of nitrogens with two attached hydrogens (primary N) is 1. The third-order valence-corrected chi connectivity index (χ3v) is 9.83. The summed E-state index contributed by atoms with van der Waals surface area (Å²) in [6.45, 7) is 2.90. The Kier molecular flexibility index (Phi) is 16.6. The molecule has 28 heteroatoms. The number of phenolic OH excluding ortho intramolecular Hbond substituents is 1. The normalized spacial score (nSPS) is 12.0. The van der Waals surface area contributed by atoms with E-state index in [0.717, 1.165) is 17.5 Å². The van der Waals surface area contributed by atoms with E-state index in [-0.39, 0.29) is 101 Å². The number of nitrogens with one attached hydrogen (secondary N) is 2. The quantitative estimate of drug-likeness (QED) is 0.0446. The van der Waals surface area contributed by atoms with E-state index in [1.54, 1.807) is 0 Å². The molecule has 0 aliphatic heterocycles. The van der Waals surface area contributed by atoms with Crippen molar-refractivity contribution < 1.29 is 145 Å². The van der Waals surface area contributed by atoms with Gasteiger partial charge in [-0.05, 0) is 41.8 Å². The number of azo groups is 1. The Morgan fingerprint density at radius 3 is 2.02 bits per heavy atom. The molecule has 4 rings (SSSR count). The predicted molar refractivity (Wildman–Crippen MR) is 160 cm³/mol. The number of phenols is 1. The number of aromatic hydroxyl groups is 1. The van der Waals surface area contributed by atoms with Crippen molar-refractivity contribution in [3.05, 3.63) is 54.5 Å². The van der Waals surface area contributed by atoms with Gasteiger partial charge in [-0.3, -0.25) is 0 Å². The molecular weight excluding hydrogens is 797 g/mol. The summed E-state index contributed by atoms with van der Waals surface area (Å²) in [6, 6.07) is 4.34. The van der Waals surface area contributed by atoms with Crippen LogP contribution >= 0.6 is 0 Å². The fraction of sp³-hybridized carbons (Fsp3) is 0.0870. The van der Waals surface area contributed by atoms with Gasteiger partial charge in [0.05, 0.1) is 31.5 Å². The van der Waals surface area contributed by atoms with E-state index in [9.17, 15) is 56.8 Å². The van der Waals surface area contributed by atoms with Crippen molar-refractivity contribution in [1.29, 1.82) is 0 Å². The van der Waals surface area contributed by atoms with Crippen LogP contribution in [0.2, 0.25) is 0 Å². The molecule has 0 spiro atoms. The summed E-state index contributed by atoms with van der Waals surface area (Å²) in [5.41, 5.74) is 3.17. The molecule has 0 saturated heterocycles. The third-order valence-electron chi connectivity index (χ3n) is 6.00. The molecule has 3 aromatic carbocycles. The second-order valence-corrected chi connectivity index (χ2v) is 15.4. The van der Waals surface area contributed by atoms with Gasteiger partial charge in [-0.15, -0.1) is 10.2 Å². The number of anilines is 4. The molecule has 0 saturated carbocycles. The summed E-state index contributed by atoms with van der Waals surface area (Å²) in [7, 11) is -19.6. The van der Waals surface area contributed by atoms with Gasteiger partial charge in [-0.25, -0.2) is 33.7 Å². The van der Waals surface area contributed by atoms with Crippen LogP contribution in [-0.4, -0.2) is 79.7 Å². The van der Waals surface area contributed by atoms with E-state index in [1.807, 2.05) is 0 Å². The number of nitrogens with zero attached hydrogens (tertiary/aromatic N) is 5. The number of rotatable bonds is 12. The topological polar surface area (TPSA) is 339 Å². The smallest absolute Gasteiger partial charge is 0.744 e. The first kappa shape index (κ1) is 47.1. The van der Waals surface area contributed by atoms with Crippen molar-refractivity contribution in [1.82, 2.24) is 15.0 Å². The number of halogens is 1.